The Morgan fingerprint density at radius 1 is 1.20 bits per heavy atom. The molecule has 0 heterocycles. The molecule has 0 aromatic heterocycles. The summed E-state index contributed by atoms with van der Waals surface area (Å²) in [5, 5.41) is 16.5. The van der Waals surface area contributed by atoms with E-state index in [1.54, 1.807) is 0 Å². The van der Waals surface area contributed by atoms with Crippen LogP contribution >= 0.6 is 22.6 Å². The molecular weight excluding hydrogens is 251 g/mol. The van der Waals surface area contributed by atoms with Gasteiger partial charge in [0.1, 0.15) is 3.58 Å². The topological polar surface area (TPSA) is 74.6 Å². The molecule has 0 amide bonds. The standard InChI is InChI=1S/C5H5IO4/c1-2(4(7)8)3(6)5(9)10/h1H3,(H,7,8)(H,9,10)/b3-2+. The Morgan fingerprint density at radius 2 is 1.60 bits per heavy atom. The fraction of sp³-hybridized carbons (Fsp3) is 0.200. The lowest BCUT2D eigenvalue weighted by Crippen LogP contribution is -2.04. The average molecular weight is 256 g/mol. The number of carboxylic acid groups (broad SMARTS) is 2. The molecule has 0 radical (unpaired) electrons. The third-order valence-electron chi connectivity index (χ3n) is 0.838. The van der Waals surface area contributed by atoms with Gasteiger partial charge in [0, 0.05) is 0 Å². The van der Waals surface area contributed by atoms with Crippen LogP contribution in [-0.4, -0.2) is 22.2 Å². The molecule has 0 saturated carbocycles. The van der Waals surface area contributed by atoms with E-state index in [4.69, 9.17) is 10.2 Å². The number of aliphatic carboxylic acids is 2. The lowest BCUT2D eigenvalue weighted by atomic mass is 10.3. The maximum absolute atomic E-state index is 10.1. The van der Waals surface area contributed by atoms with Crippen molar-refractivity contribution >= 4 is 34.5 Å². The van der Waals surface area contributed by atoms with Gasteiger partial charge in [-0.2, -0.15) is 0 Å². The quantitative estimate of drug-likeness (QED) is 0.567. The molecule has 0 aromatic carbocycles. The smallest absolute Gasteiger partial charge is 0.342 e. The highest BCUT2D eigenvalue weighted by Gasteiger charge is 2.11. The molecule has 0 spiro atoms. The molecule has 0 saturated heterocycles. The largest absolute Gasteiger partial charge is 0.478 e. The number of rotatable bonds is 2. The number of carbonyl (C=O) groups is 2. The van der Waals surface area contributed by atoms with Crippen molar-refractivity contribution in [2.24, 2.45) is 0 Å². The third kappa shape index (κ3) is 2.34. The molecule has 56 valence electrons. The first-order valence-electron chi connectivity index (χ1n) is 2.29. The fourth-order valence-corrected chi connectivity index (χ4v) is 0.485. The molecule has 5 heteroatoms. The first kappa shape index (κ1) is 9.41. The van der Waals surface area contributed by atoms with Crippen molar-refractivity contribution in [3.63, 3.8) is 0 Å². The summed E-state index contributed by atoms with van der Waals surface area (Å²) in [7, 11) is 0. The van der Waals surface area contributed by atoms with Crippen LogP contribution in [0.2, 0.25) is 0 Å². The minimum absolute atomic E-state index is 0.145. The predicted molar refractivity (Wildman–Crippen MR) is 42.0 cm³/mol. The zero-order valence-electron chi connectivity index (χ0n) is 5.09. The molecule has 10 heavy (non-hydrogen) atoms. The van der Waals surface area contributed by atoms with Crippen LogP contribution in [0.4, 0.5) is 0 Å². The zero-order chi connectivity index (χ0) is 8.31. The summed E-state index contributed by atoms with van der Waals surface area (Å²) in [6.45, 7) is 1.25. The molecule has 0 aromatic rings. The molecule has 4 nitrogen and oxygen atoms in total. The molecule has 0 bridgehead atoms. The number of hydrogen-bond acceptors (Lipinski definition) is 2. The lowest BCUT2D eigenvalue weighted by Gasteiger charge is -1.93. The van der Waals surface area contributed by atoms with Gasteiger partial charge in [0.05, 0.1) is 5.57 Å². The highest BCUT2D eigenvalue weighted by Crippen LogP contribution is 2.12. The lowest BCUT2D eigenvalue weighted by molar-refractivity contribution is -0.135. The van der Waals surface area contributed by atoms with Crippen molar-refractivity contribution in [3.05, 3.63) is 9.15 Å². The van der Waals surface area contributed by atoms with E-state index in [2.05, 4.69) is 0 Å². The van der Waals surface area contributed by atoms with Gasteiger partial charge in [0.25, 0.3) is 0 Å². The average Bonchev–Trinajstić information content (AvgIpc) is 1.84. The second-order valence-corrected chi connectivity index (χ2v) is 2.63. The summed E-state index contributed by atoms with van der Waals surface area (Å²) >= 11 is 1.47. The van der Waals surface area contributed by atoms with Gasteiger partial charge in [0.2, 0.25) is 0 Å². The molecule has 0 aliphatic carbocycles. The van der Waals surface area contributed by atoms with Gasteiger partial charge in [-0.1, -0.05) is 0 Å². The van der Waals surface area contributed by atoms with Crippen LogP contribution in [0.3, 0.4) is 0 Å². The summed E-state index contributed by atoms with van der Waals surface area (Å²) in [6, 6.07) is 0. The van der Waals surface area contributed by atoms with Crippen molar-refractivity contribution < 1.29 is 19.8 Å². The summed E-state index contributed by atoms with van der Waals surface area (Å²) < 4.78 is -0.162. The first-order chi connectivity index (χ1) is 4.46. The Hall–Kier alpha value is -0.590. The number of halogens is 1. The van der Waals surface area contributed by atoms with E-state index in [9.17, 15) is 9.59 Å². The van der Waals surface area contributed by atoms with Crippen molar-refractivity contribution in [2.75, 3.05) is 0 Å². The van der Waals surface area contributed by atoms with E-state index in [1.807, 2.05) is 0 Å². The Morgan fingerprint density at radius 3 is 1.70 bits per heavy atom. The summed E-state index contributed by atoms with van der Waals surface area (Å²) in [5.41, 5.74) is -0.145. The SMILES string of the molecule is C/C(C(=O)O)=C(\I)C(=O)O. The van der Waals surface area contributed by atoms with E-state index in [1.165, 1.54) is 29.5 Å². The second-order valence-electron chi connectivity index (χ2n) is 1.55. The molecule has 0 aliphatic rings. The van der Waals surface area contributed by atoms with Gasteiger partial charge in [-0.15, -0.1) is 0 Å². The van der Waals surface area contributed by atoms with Crippen LogP contribution in [-0.2, 0) is 9.59 Å². The van der Waals surface area contributed by atoms with Crippen LogP contribution in [0.5, 0.6) is 0 Å². The second kappa shape index (κ2) is 3.55. The van der Waals surface area contributed by atoms with Crippen molar-refractivity contribution in [1.82, 2.24) is 0 Å². The zero-order valence-corrected chi connectivity index (χ0v) is 7.25. The molecule has 0 unspecified atom stereocenters. The van der Waals surface area contributed by atoms with Crippen molar-refractivity contribution in [3.8, 4) is 0 Å². The highest BCUT2D eigenvalue weighted by molar-refractivity contribution is 14.1. The Bertz CT molecular complexity index is 184. The maximum Gasteiger partial charge on any atom is 0.342 e. The molecule has 0 atom stereocenters. The predicted octanol–water partition coefficient (Wildman–Crippen LogP) is 0.865. The minimum Gasteiger partial charge on any atom is -0.478 e. The van der Waals surface area contributed by atoms with Gasteiger partial charge in [0.15, 0.2) is 0 Å². The number of carboxylic acids is 2. The van der Waals surface area contributed by atoms with Crippen LogP contribution in [0.15, 0.2) is 9.15 Å². The van der Waals surface area contributed by atoms with Crippen LogP contribution in [0.25, 0.3) is 0 Å². The fourth-order valence-electron chi connectivity index (χ4n) is 0.254. The third-order valence-corrected chi connectivity index (χ3v) is 2.11. The Labute approximate surface area is 70.7 Å². The van der Waals surface area contributed by atoms with Gasteiger partial charge < -0.3 is 10.2 Å². The normalized spacial score (nSPS) is 12.2. The van der Waals surface area contributed by atoms with Gasteiger partial charge in [-0.25, -0.2) is 9.59 Å². The summed E-state index contributed by atoms with van der Waals surface area (Å²) in [6.07, 6.45) is 0. The van der Waals surface area contributed by atoms with E-state index in [0.717, 1.165) is 0 Å². The highest BCUT2D eigenvalue weighted by atomic mass is 127. The first-order valence-corrected chi connectivity index (χ1v) is 3.37. The molecule has 2 N–H and O–H groups in total. The van der Waals surface area contributed by atoms with Crippen LogP contribution in [0, 0.1) is 0 Å². The van der Waals surface area contributed by atoms with E-state index < -0.39 is 11.9 Å². The Balaban J connectivity index is 4.67. The van der Waals surface area contributed by atoms with Crippen molar-refractivity contribution in [1.29, 1.82) is 0 Å². The summed E-state index contributed by atoms with van der Waals surface area (Å²) in [4.78, 5) is 20.2. The number of hydrogen-bond donors (Lipinski definition) is 2. The molecule has 0 aliphatic heterocycles. The van der Waals surface area contributed by atoms with E-state index >= 15 is 0 Å². The van der Waals surface area contributed by atoms with Gasteiger partial charge >= 0.3 is 11.9 Å². The van der Waals surface area contributed by atoms with Gasteiger partial charge in [-0.05, 0) is 29.5 Å². The molecular formula is C5H5IO4. The molecule has 0 rings (SSSR count). The maximum atomic E-state index is 10.1. The van der Waals surface area contributed by atoms with E-state index in [0.29, 0.717) is 0 Å². The molecule has 0 fully saturated rings. The van der Waals surface area contributed by atoms with Gasteiger partial charge in [-0.3, -0.25) is 0 Å². The summed E-state index contributed by atoms with van der Waals surface area (Å²) in [5.74, 6) is -2.41. The van der Waals surface area contributed by atoms with E-state index in [-0.39, 0.29) is 9.15 Å². The minimum atomic E-state index is -1.21. The monoisotopic (exact) mass is 256 g/mol. The van der Waals surface area contributed by atoms with Crippen LogP contribution < -0.4 is 0 Å². The van der Waals surface area contributed by atoms with Crippen molar-refractivity contribution in [2.45, 2.75) is 6.92 Å². The van der Waals surface area contributed by atoms with Crippen LogP contribution in [0.1, 0.15) is 6.92 Å². The Kier molecular flexibility index (Phi) is 3.34.